The van der Waals surface area contributed by atoms with Crippen LogP contribution >= 0.6 is 0 Å². The Bertz CT molecular complexity index is 771. The Balaban J connectivity index is 1.42. The molecular formula is C19H31N5OSi. The molecule has 1 N–H and O–H groups in total. The first-order chi connectivity index (χ1) is 12.4. The maximum atomic E-state index is 5.87. The zero-order valence-corrected chi connectivity index (χ0v) is 17.4. The Morgan fingerprint density at radius 2 is 2.15 bits per heavy atom. The van der Waals surface area contributed by atoms with Crippen LogP contribution in [0.1, 0.15) is 12.8 Å². The number of nitrogens with zero attached hydrogens (tertiary/aromatic N) is 4. The SMILES string of the molecule is CN[C@@H]1C[C@@H]2C[C@H]1CN2c1cnc2c(ccn2COCC[Si](C)(C)C)n1. The smallest absolute Gasteiger partial charge is 0.160 e. The van der Waals surface area contributed by atoms with Crippen LogP contribution in [0.2, 0.25) is 25.7 Å². The first-order valence-corrected chi connectivity index (χ1v) is 13.5. The molecule has 0 aromatic carbocycles. The first kappa shape index (κ1) is 17.9. The number of aromatic nitrogens is 3. The van der Waals surface area contributed by atoms with E-state index in [-0.39, 0.29) is 0 Å². The van der Waals surface area contributed by atoms with Gasteiger partial charge in [-0.3, -0.25) is 0 Å². The molecule has 2 aromatic heterocycles. The van der Waals surface area contributed by atoms with E-state index in [9.17, 15) is 0 Å². The minimum atomic E-state index is -1.04. The number of ether oxygens (including phenoxy) is 1. The summed E-state index contributed by atoms with van der Waals surface area (Å²) in [5.74, 6) is 1.77. The van der Waals surface area contributed by atoms with Gasteiger partial charge in [0, 0.05) is 39.5 Å². The Kier molecular flexibility index (Phi) is 4.79. The van der Waals surface area contributed by atoms with Gasteiger partial charge in [0.25, 0.3) is 0 Å². The van der Waals surface area contributed by atoms with Crippen LogP contribution in [0.5, 0.6) is 0 Å². The van der Waals surface area contributed by atoms with E-state index in [1.165, 1.54) is 18.9 Å². The second-order valence-electron chi connectivity index (χ2n) is 9.00. The van der Waals surface area contributed by atoms with Gasteiger partial charge in [-0.05, 0) is 37.9 Å². The van der Waals surface area contributed by atoms with Crippen molar-refractivity contribution in [1.29, 1.82) is 0 Å². The van der Waals surface area contributed by atoms with Crippen LogP contribution in [0.3, 0.4) is 0 Å². The van der Waals surface area contributed by atoms with Crippen LogP contribution in [0.4, 0.5) is 5.82 Å². The third-order valence-corrected chi connectivity index (χ3v) is 7.59. The van der Waals surface area contributed by atoms with E-state index in [1.54, 1.807) is 0 Å². The number of fused-ring (bicyclic) bond motifs is 3. The summed E-state index contributed by atoms with van der Waals surface area (Å²) in [6.07, 6.45) is 6.47. The molecule has 1 saturated carbocycles. The molecule has 7 heteroatoms. The average Bonchev–Trinajstić information content (AvgIpc) is 3.30. The minimum Gasteiger partial charge on any atom is -0.361 e. The lowest BCUT2D eigenvalue weighted by atomic mass is 10.0. The monoisotopic (exact) mass is 373 g/mol. The fourth-order valence-electron chi connectivity index (χ4n) is 4.32. The van der Waals surface area contributed by atoms with E-state index in [0.717, 1.165) is 36.1 Å². The van der Waals surface area contributed by atoms with Crippen molar-refractivity contribution in [2.45, 2.75) is 57.3 Å². The first-order valence-electron chi connectivity index (χ1n) is 9.78. The van der Waals surface area contributed by atoms with E-state index < -0.39 is 8.07 Å². The zero-order chi connectivity index (χ0) is 18.3. The summed E-state index contributed by atoms with van der Waals surface area (Å²) in [5.41, 5.74) is 1.88. The molecule has 2 aliphatic rings. The number of nitrogens with one attached hydrogen (secondary N) is 1. The molecule has 0 unspecified atom stereocenters. The largest absolute Gasteiger partial charge is 0.361 e. The summed E-state index contributed by atoms with van der Waals surface area (Å²) in [7, 11) is 1.04. The van der Waals surface area contributed by atoms with Gasteiger partial charge >= 0.3 is 0 Å². The van der Waals surface area contributed by atoms with Gasteiger partial charge in [-0.25, -0.2) is 9.97 Å². The second-order valence-corrected chi connectivity index (χ2v) is 14.6. The zero-order valence-electron chi connectivity index (χ0n) is 16.4. The number of hydrogen-bond donors (Lipinski definition) is 1. The molecule has 3 atom stereocenters. The summed E-state index contributed by atoms with van der Waals surface area (Å²) < 4.78 is 7.93. The molecule has 1 saturated heterocycles. The molecule has 0 radical (unpaired) electrons. The average molecular weight is 374 g/mol. The van der Waals surface area contributed by atoms with E-state index in [1.807, 2.05) is 12.4 Å². The van der Waals surface area contributed by atoms with Crippen LogP contribution in [0, 0.1) is 5.92 Å². The second kappa shape index (κ2) is 6.94. The molecule has 2 bridgehead atoms. The predicted molar refractivity (Wildman–Crippen MR) is 108 cm³/mol. The number of hydrogen-bond acceptors (Lipinski definition) is 5. The molecule has 1 aliphatic carbocycles. The molecule has 2 aromatic rings. The predicted octanol–water partition coefficient (Wildman–Crippen LogP) is 2.93. The molecule has 4 rings (SSSR count). The van der Waals surface area contributed by atoms with Crippen molar-refractivity contribution in [2.75, 3.05) is 25.1 Å². The Morgan fingerprint density at radius 1 is 1.31 bits per heavy atom. The van der Waals surface area contributed by atoms with Crippen molar-refractivity contribution in [3.05, 3.63) is 18.5 Å². The highest BCUT2D eigenvalue weighted by Crippen LogP contribution is 2.39. The van der Waals surface area contributed by atoms with Crippen molar-refractivity contribution >= 4 is 25.1 Å². The standard InChI is InChI=1S/C19H31N5OSi/c1-20-17-10-15-9-14(17)12-24(15)18-11-21-19-16(22-18)5-6-23(19)13-25-7-8-26(2,3)4/h5-6,11,14-15,17,20H,7-10,12-13H2,1-4H3/t14-,15-,17+/m0/s1. The lowest BCUT2D eigenvalue weighted by Gasteiger charge is -2.32. The van der Waals surface area contributed by atoms with Crippen molar-refractivity contribution in [3.8, 4) is 0 Å². The lowest BCUT2D eigenvalue weighted by Crippen LogP contribution is -2.43. The Hall–Kier alpha value is -1.44. The molecule has 26 heavy (non-hydrogen) atoms. The molecule has 6 nitrogen and oxygen atoms in total. The fraction of sp³-hybridized carbons (Fsp3) is 0.684. The Morgan fingerprint density at radius 3 is 2.85 bits per heavy atom. The van der Waals surface area contributed by atoms with Crippen molar-refractivity contribution in [1.82, 2.24) is 19.9 Å². The highest BCUT2D eigenvalue weighted by molar-refractivity contribution is 6.76. The van der Waals surface area contributed by atoms with Gasteiger partial charge in [0.1, 0.15) is 18.1 Å². The number of piperidine rings is 1. The highest BCUT2D eigenvalue weighted by Gasteiger charge is 2.44. The molecule has 1 aliphatic heterocycles. The van der Waals surface area contributed by atoms with E-state index in [2.05, 4.69) is 47.5 Å². The highest BCUT2D eigenvalue weighted by atomic mass is 28.3. The maximum absolute atomic E-state index is 5.87. The molecule has 2 fully saturated rings. The van der Waals surface area contributed by atoms with Gasteiger partial charge in [-0.15, -0.1) is 0 Å². The molecular weight excluding hydrogens is 342 g/mol. The topological polar surface area (TPSA) is 55.2 Å². The quantitative estimate of drug-likeness (QED) is 0.597. The summed E-state index contributed by atoms with van der Waals surface area (Å²) in [6, 6.07) is 4.52. The van der Waals surface area contributed by atoms with Crippen LogP contribution < -0.4 is 10.2 Å². The van der Waals surface area contributed by atoms with E-state index >= 15 is 0 Å². The van der Waals surface area contributed by atoms with Crippen LogP contribution in [0.15, 0.2) is 18.5 Å². The van der Waals surface area contributed by atoms with E-state index in [0.29, 0.717) is 18.8 Å². The van der Waals surface area contributed by atoms with E-state index in [4.69, 9.17) is 14.7 Å². The molecule has 0 amide bonds. The minimum absolute atomic E-state index is 0.556. The summed E-state index contributed by atoms with van der Waals surface area (Å²) in [5, 5.41) is 3.46. The number of rotatable bonds is 7. The molecule has 3 heterocycles. The van der Waals surface area contributed by atoms with Gasteiger partial charge in [-0.2, -0.15) is 0 Å². The molecule has 0 spiro atoms. The summed E-state index contributed by atoms with van der Waals surface area (Å²) in [4.78, 5) is 12.0. The van der Waals surface area contributed by atoms with Gasteiger partial charge < -0.3 is 19.5 Å². The van der Waals surface area contributed by atoms with Gasteiger partial charge in [0.15, 0.2) is 5.65 Å². The summed E-state index contributed by atoms with van der Waals surface area (Å²) >= 11 is 0. The summed E-state index contributed by atoms with van der Waals surface area (Å²) in [6.45, 7) is 9.59. The maximum Gasteiger partial charge on any atom is 0.160 e. The third-order valence-electron chi connectivity index (χ3n) is 5.88. The lowest BCUT2D eigenvalue weighted by molar-refractivity contribution is 0.0899. The van der Waals surface area contributed by atoms with Crippen molar-refractivity contribution in [2.24, 2.45) is 5.92 Å². The van der Waals surface area contributed by atoms with Crippen LogP contribution in [0.25, 0.3) is 11.2 Å². The van der Waals surface area contributed by atoms with Gasteiger partial charge in [0.2, 0.25) is 0 Å². The third kappa shape index (κ3) is 3.52. The fourth-order valence-corrected chi connectivity index (χ4v) is 5.08. The normalized spacial score (nSPS) is 25.5. The van der Waals surface area contributed by atoms with Crippen LogP contribution in [-0.4, -0.2) is 54.9 Å². The van der Waals surface area contributed by atoms with Gasteiger partial charge in [0.05, 0.1) is 6.20 Å². The molecule has 142 valence electrons. The van der Waals surface area contributed by atoms with Crippen molar-refractivity contribution < 1.29 is 4.74 Å². The number of anilines is 1. The van der Waals surface area contributed by atoms with Gasteiger partial charge in [-0.1, -0.05) is 19.6 Å². The van der Waals surface area contributed by atoms with Crippen molar-refractivity contribution in [3.63, 3.8) is 0 Å². The Labute approximate surface area is 157 Å². The van der Waals surface area contributed by atoms with Crippen LogP contribution in [-0.2, 0) is 11.5 Å².